The van der Waals surface area contributed by atoms with Crippen LogP contribution in [0, 0.1) is 0 Å². The summed E-state index contributed by atoms with van der Waals surface area (Å²) in [5.41, 5.74) is 3.05. The highest BCUT2D eigenvalue weighted by Crippen LogP contribution is 2.28. The molecule has 0 atom stereocenters. The van der Waals surface area contributed by atoms with E-state index in [1.54, 1.807) is 23.1 Å². The molecule has 7 heteroatoms. The van der Waals surface area contributed by atoms with Crippen LogP contribution < -0.4 is 10.2 Å². The molecule has 1 amide bonds. The molecule has 1 saturated heterocycles. The number of para-hydroxylation sites is 3. The maximum Gasteiger partial charge on any atom is 0.274 e. The zero-order chi connectivity index (χ0) is 20.3. The fourth-order valence-electron chi connectivity index (χ4n) is 3.88. The van der Waals surface area contributed by atoms with Crippen LogP contribution in [-0.4, -0.2) is 38.7 Å². The van der Waals surface area contributed by atoms with Crippen LogP contribution in [0.15, 0.2) is 67.0 Å². The molecule has 1 aliphatic heterocycles. The molecule has 2 aromatic carbocycles. The van der Waals surface area contributed by atoms with E-state index in [-0.39, 0.29) is 5.91 Å². The summed E-state index contributed by atoms with van der Waals surface area (Å²) in [6.45, 7) is 2.02. The Bertz CT molecular complexity index is 1200. The lowest BCUT2D eigenvalue weighted by Gasteiger charge is -2.30. The van der Waals surface area contributed by atoms with Crippen LogP contribution in [0.4, 0.5) is 11.4 Å². The van der Waals surface area contributed by atoms with Crippen molar-refractivity contribution in [1.82, 2.24) is 19.7 Å². The highest BCUT2D eigenvalue weighted by Gasteiger charge is 2.17. The minimum atomic E-state index is -0.264. The number of amides is 1. The number of hydrogen-bond acceptors (Lipinski definition) is 5. The van der Waals surface area contributed by atoms with E-state index >= 15 is 0 Å². The van der Waals surface area contributed by atoms with Gasteiger partial charge in [-0.2, -0.15) is 9.78 Å². The molecule has 30 heavy (non-hydrogen) atoms. The SMILES string of the molecule is O=C(Nc1ccccc1N1CCCCC1)c1ccnc(-n2ncc3ccccc32)n1. The lowest BCUT2D eigenvalue weighted by atomic mass is 10.1. The van der Waals surface area contributed by atoms with Crippen LogP contribution in [-0.2, 0) is 0 Å². The van der Waals surface area contributed by atoms with Crippen molar-refractivity contribution in [2.75, 3.05) is 23.3 Å². The standard InChI is InChI=1S/C23H22N6O/c30-22(26-18-9-3-5-11-21(18)28-14-6-1-7-15-28)19-12-13-24-23(27-19)29-20-10-4-2-8-17(20)16-25-29/h2-5,8-13,16H,1,6-7,14-15H2,(H,26,30). The Kier molecular flexibility index (Phi) is 4.85. The minimum Gasteiger partial charge on any atom is -0.370 e. The van der Waals surface area contributed by atoms with Crippen LogP contribution in [0.3, 0.4) is 0 Å². The average molecular weight is 398 g/mol. The first-order valence-corrected chi connectivity index (χ1v) is 10.2. The van der Waals surface area contributed by atoms with Gasteiger partial charge in [-0.1, -0.05) is 30.3 Å². The number of benzene rings is 2. The van der Waals surface area contributed by atoms with Gasteiger partial charge in [-0.25, -0.2) is 9.97 Å². The van der Waals surface area contributed by atoms with Gasteiger partial charge in [-0.05, 0) is 43.5 Å². The average Bonchev–Trinajstić information content (AvgIpc) is 3.24. The molecule has 1 fully saturated rings. The second kappa shape index (κ2) is 7.94. The molecule has 150 valence electrons. The number of hydrogen-bond donors (Lipinski definition) is 1. The molecule has 3 heterocycles. The minimum absolute atomic E-state index is 0.264. The van der Waals surface area contributed by atoms with Gasteiger partial charge in [0.2, 0.25) is 0 Å². The first-order chi connectivity index (χ1) is 14.8. The molecule has 1 aliphatic rings. The first-order valence-electron chi connectivity index (χ1n) is 10.2. The van der Waals surface area contributed by atoms with Gasteiger partial charge in [0.25, 0.3) is 11.9 Å². The number of nitrogens with zero attached hydrogens (tertiary/aromatic N) is 5. The van der Waals surface area contributed by atoms with E-state index in [1.807, 2.05) is 42.5 Å². The van der Waals surface area contributed by atoms with E-state index in [1.165, 1.54) is 19.3 Å². The maximum absolute atomic E-state index is 13.0. The van der Waals surface area contributed by atoms with Gasteiger partial charge in [0.15, 0.2) is 0 Å². The Labute approximate surface area is 174 Å². The molecular formula is C23H22N6O. The predicted octanol–water partition coefficient (Wildman–Crippen LogP) is 4.06. The van der Waals surface area contributed by atoms with Gasteiger partial charge in [0.1, 0.15) is 5.69 Å². The smallest absolute Gasteiger partial charge is 0.274 e. The molecule has 4 aromatic rings. The van der Waals surface area contributed by atoms with Crippen molar-refractivity contribution < 1.29 is 4.79 Å². The highest BCUT2D eigenvalue weighted by atomic mass is 16.1. The molecule has 1 N–H and O–H groups in total. The summed E-state index contributed by atoms with van der Waals surface area (Å²) in [6.07, 6.45) is 6.96. The molecular weight excluding hydrogens is 376 g/mol. The maximum atomic E-state index is 13.0. The summed E-state index contributed by atoms with van der Waals surface area (Å²) in [5.74, 6) is 0.104. The van der Waals surface area contributed by atoms with Gasteiger partial charge in [-0.3, -0.25) is 4.79 Å². The second-order valence-electron chi connectivity index (χ2n) is 7.38. The molecule has 0 bridgehead atoms. The molecule has 7 nitrogen and oxygen atoms in total. The van der Waals surface area contributed by atoms with E-state index in [0.29, 0.717) is 11.6 Å². The summed E-state index contributed by atoms with van der Waals surface area (Å²) in [4.78, 5) is 24.1. The van der Waals surface area contributed by atoms with Crippen molar-refractivity contribution in [3.63, 3.8) is 0 Å². The van der Waals surface area contributed by atoms with Crippen LogP contribution in [0.5, 0.6) is 0 Å². The summed E-state index contributed by atoms with van der Waals surface area (Å²) < 4.78 is 1.65. The lowest BCUT2D eigenvalue weighted by molar-refractivity contribution is 0.102. The largest absolute Gasteiger partial charge is 0.370 e. The van der Waals surface area contributed by atoms with Crippen molar-refractivity contribution in [1.29, 1.82) is 0 Å². The molecule has 0 spiro atoms. The van der Waals surface area contributed by atoms with E-state index in [9.17, 15) is 4.79 Å². The molecule has 5 rings (SSSR count). The summed E-state index contributed by atoms with van der Waals surface area (Å²) in [6, 6.07) is 17.4. The predicted molar refractivity (Wildman–Crippen MR) is 117 cm³/mol. The Morgan fingerprint density at radius 1 is 0.933 bits per heavy atom. The number of aromatic nitrogens is 4. The summed E-state index contributed by atoms with van der Waals surface area (Å²) in [5, 5.41) is 8.40. The van der Waals surface area contributed by atoms with E-state index in [0.717, 1.165) is 35.4 Å². The van der Waals surface area contributed by atoms with Crippen molar-refractivity contribution in [3.8, 4) is 5.95 Å². The third-order valence-electron chi connectivity index (χ3n) is 5.39. The zero-order valence-electron chi connectivity index (χ0n) is 16.5. The number of anilines is 2. The van der Waals surface area contributed by atoms with Gasteiger partial charge in [0, 0.05) is 24.7 Å². The molecule has 0 unspecified atom stereocenters. The quantitative estimate of drug-likeness (QED) is 0.561. The number of fused-ring (bicyclic) bond motifs is 1. The van der Waals surface area contributed by atoms with Crippen molar-refractivity contribution in [3.05, 3.63) is 72.7 Å². The lowest BCUT2D eigenvalue weighted by Crippen LogP contribution is -2.30. The monoisotopic (exact) mass is 398 g/mol. The van der Waals surface area contributed by atoms with Crippen molar-refractivity contribution in [2.45, 2.75) is 19.3 Å². The number of rotatable bonds is 4. The Morgan fingerprint density at radius 3 is 2.63 bits per heavy atom. The van der Waals surface area contributed by atoms with Gasteiger partial charge >= 0.3 is 0 Å². The van der Waals surface area contributed by atoms with Gasteiger partial charge in [-0.15, -0.1) is 0 Å². The van der Waals surface area contributed by atoms with Gasteiger partial charge in [0.05, 0.1) is 23.1 Å². The molecule has 0 radical (unpaired) electrons. The fraction of sp³-hybridized carbons (Fsp3) is 0.217. The van der Waals surface area contributed by atoms with Crippen LogP contribution >= 0.6 is 0 Å². The molecule has 0 saturated carbocycles. The molecule has 0 aliphatic carbocycles. The van der Waals surface area contributed by atoms with Crippen LogP contribution in [0.2, 0.25) is 0 Å². The number of piperidine rings is 1. The first kappa shape index (κ1) is 18.3. The van der Waals surface area contributed by atoms with E-state index in [4.69, 9.17) is 0 Å². The second-order valence-corrected chi connectivity index (χ2v) is 7.38. The van der Waals surface area contributed by atoms with Crippen LogP contribution in [0.1, 0.15) is 29.8 Å². The van der Waals surface area contributed by atoms with Crippen molar-refractivity contribution >= 4 is 28.2 Å². The number of nitrogens with one attached hydrogen (secondary N) is 1. The Hall–Kier alpha value is -3.74. The van der Waals surface area contributed by atoms with E-state index < -0.39 is 0 Å². The molecule has 2 aromatic heterocycles. The van der Waals surface area contributed by atoms with Crippen molar-refractivity contribution in [2.24, 2.45) is 0 Å². The third kappa shape index (κ3) is 3.50. The van der Waals surface area contributed by atoms with E-state index in [2.05, 4.69) is 31.3 Å². The highest BCUT2D eigenvalue weighted by molar-refractivity contribution is 6.04. The van der Waals surface area contributed by atoms with Crippen LogP contribution in [0.25, 0.3) is 16.9 Å². The topological polar surface area (TPSA) is 75.9 Å². The normalized spacial score (nSPS) is 14.1. The summed E-state index contributed by atoms with van der Waals surface area (Å²) in [7, 11) is 0. The third-order valence-corrected chi connectivity index (χ3v) is 5.39. The Balaban J connectivity index is 1.42. The van der Waals surface area contributed by atoms with Gasteiger partial charge < -0.3 is 10.2 Å². The summed E-state index contributed by atoms with van der Waals surface area (Å²) >= 11 is 0. The zero-order valence-corrected chi connectivity index (χ0v) is 16.5. The Morgan fingerprint density at radius 2 is 1.73 bits per heavy atom. The number of carbonyl (C=O) groups is 1. The number of carbonyl (C=O) groups excluding carboxylic acids is 1. The fourth-order valence-corrected chi connectivity index (χ4v) is 3.88.